The van der Waals surface area contributed by atoms with Gasteiger partial charge in [-0.15, -0.1) is 0 Å². The number of anilines is 1. The van der Waals surface area contributed by atoms with Crippen molar-refractivity contribution in [2.45, 2.75) is 0 Å². The predicted octanol–water partition coefficient (Wildman–Crippen LogP) is 2.47. The normalized spacial score (nSPS) is 10.8. The zero-order chi connectivity index (χ0) is 11.0. The third kappa shape index (κ3) is 1.40. The van der Waals surface area contributed by atoms with E-state index >= 15 is 0 Å². The summed E-state index contributed by atoms with van der Waals surface area (Å²) in [5.74, 6) is 1.05. The quantitative estimate of drug-likeness (QED) is 0.671. The minimum absolute atomic E-state index is 0.486. The standard InChI is InChI=1S/C12H9N3O/c13-11-6-5-8(7-14-11)12-15-9-3-1-2-4-10(9)16-12/h1-7H,(H2,13,14). The molecule has 1 aromatic carbocycles. The first-order chi connectivity index (χ1) is 7.83. The molecule has 4 nitrogen and oxygen atoms in total. The van der Waals surface area contributed by atoms with Crippen LogP contribution in [0.5, 0.6) is 0 Å². The van der Waals surface area contributed by atoms with E-state index in [2.05, 4.69) is 9.97 Å². The molecule has 0 aliphatic heterocycles. The zero-order valence-electron chi connectivity index (χ0n) is 8.42. The first kappa shape index (κ1) is 8.91. The lowest BCUT2D eigenvalue weighted by atomic mass is 10.3. The summed E-state index contributed by atoms with van der Waals surface area (Å²) in [6.45, 7) is 0. The highest BCUT2D eigenvalue weighted by Crippen LogP contribution is 2.23. The second kappa shape index (κ2) is 3.34. The summed E-state index contributed by atoms with van der Waals surface area (Å²) in [7, 11) is 0. The maximum atomic E-state index is 5.60. The second-order valence-electron chi connectivity index (χ2n) is 3.46. The van der Waals surface area contributed by atoms with E-state index in [9.17, 15) is 0 Å². The van der Waals surface area contributed by atoms with Crippen LogP contribution in [0.4, 0.5) is 5.82 Å². The van der Waals surface area contributed by atoms with Gasteiger partial charge in [0, 0.05) is 6.20 Å². The average Bonchev–Trinajstić information content (AvgIpc) is 2.73. The van der Waals surface area contributed by atoms with E-state index in [1.807, 2.05) is 30.3 Å². The minimum atomic E-state index is 0.486. The fourth-order valence-electron chi connectivity index (χ4n) is 1.53. The molecule has 4 heteroatoms. The number of nitrogens with zero attached hydrogens (tertiary/aromatic N) is 2. The number of para-hydroxylation sites is 2. The summed E-state index contributed by atoms with van der Waals surface area (Å²) in [5, 5.41) is 0. The predicted molar refractivity (Wildman–Crippen MR) is 61.7 cm³/mol. The maximum absolute atomic E-state index is 5.60. The van der Waals surface area contributed by atoms with Crippen LogP contribution in [-0.4, -0.2) is 9.97 Å². The molecule has 16 heavy (non-hydrogen) atoms. The van der Waals surface area contributed by atoms with Crippen molar-refractivity contribution in [1.82, 2.24) is 9.97 Å². The van der Waals surface area contributed by atoms with Crippen molar-refractivity contribution < 1.29 is 4.42 Å². The van der Waals surface area contributed by atoms with Crippen molar-refractivity contribution in [2.24, 2.45) is 0 Å². The highest BCUT2D eigenvalue weighted by atomic mass is 16.3. The Balaban J connectivity index is 2.15. The van der Waals surface area contributed by atoms with Crippen LogP contribution in [0.1, 0.15) is 0 Å². The van der Waals surface area contributed by atoms with Crippen LogP contribution < -0.4 is 5.73 Å². The average molecular weight is 211 g/mol. The molecule has 0 saturated carbocycles. The van der Waals surface area contributed by atoms with E-state index < -0.39 is 0 Å². The van der Waals surface area contributed by atoms with E-state index in [4.69, 9.17) is 10.2 Å². The van der Waals surface area contributed by atoms with E-state index in [1.165, 1.54) is 0 Å². The van der Waals surface area contributed by atoms with Crippen LogP contribution in [-0.2, 0) is 0 Å². The zero-order valence-corrected chi connectivity index (χ0v) is 8.42. The number of fused-ring (bicyclic) bond motifs is 1. The third-order valence-corrected chi connectivity index (χ3v) is 2.33. The summed E-state index contributed by atoms with van der Waals surface area (Å²) >= 11 is 0. The number of oxazole rings is 1. The van der Waals surface area contributed by atoms with Crippen LogP contribution in [0.2, 0.25) is 0 Å². The van der Waals surface area contributed by atoms with E-state index in [0.717, 1.165) is 16.7 Å². The molecule has 3 rings (SSSR count). The number of pyridine rings is 1. The van der Waals surface area contributed by atoms with Crippen molar-refractivity contribution in [2.75, 3.05) is 5.73 Å². The molecule has 0 aliphatic rings. The van der Waals surface area contributed by atoms with E-state index in [0.29, 0.717) is 11.7 Å². The molecule has 2 aromatic heterocycles. The molecule has 0 aliphatic carbocycles. The summed E-state index contributed by atoms with van der Waals surface area (Å²) in [6, 6.07) is 11.2. The molecule has 78 valence electrons. The van der Waals surface area contributed by atoms with Gasteiger partial charge < -0.3 is 10.2 Å². The van der Waals surface area contributed by atoms with Gasteiger partial charge in [-0.3, -0.25) is 0 Å². The molecule has 0 unspecified atom stereocenters. The minimum Gasteiger partial charge on any atom is -0.436 e. The summed E-state index contributed by atoms with van der Waals surface area (Å²) < 4.78 is 5.60. The monoisotopic (exact) mass is 211 g/mol. The number of aromatic nitrogens is 2. The van der Waals surface area contributed by atoms with Crippen LogP contribution in [0, 0.1) is 0 Å². The molecule has 2 N–H and O–H groups in total. The Labute approximate surface area is 91.7 Å². The van der Waals surface area contributed by atoms with Crippen LogP contribution in [0.15, 0.2) is 47.0 Å². The molecule has 0 spiro atoms. The van der Waals surface area contributed by atoms with Gasteiger partial charge in [0.1, 0.15) is 11.3 Å². The smallest absolute Gasteiger partial charge is 0.228 e. The van der Waals surface area contributed by atoms with E-state index in [-0.39, 0.29) is 0 Å². The lowest BCUT2D eigenvalue weighted by Crippen LogP contribution is -1.88. The maximum Gasteiger partial charge on any atom is 0.228 e. The number of hydrogen-bond acceptors (Lipinski definition) is 4. The Bertz CT molecular complexity index is 595. The van der Waals surface area contributed by atoms with E-state index in [1.54, 1.807) is 12.3 Å². The summed E-state index contributed by atoms with van der Waals surface area (Å²) in [4.78, 5) is 8.37. The lowest BCUT2D eigenvalue weighted by Gasteiger charge is -1.94. The molecule has 3 aromatic rings. The lowest BCUT2D eigenvalue weighted by molar-refractivity contribution is 0.619. The summed E-state index contributed by atoms with van der Waals surface area (Å²) in [5.41, 5.74) is 7.96. The van der Waals surface area contributed by atoms with Gasteiger partial charge in [-0.05, 0) is 24.3 Å². The molecule has 0 radical (unpaired) electrons. The molecule has 0 amide bonds. The summed E-state index contributed by atoms with van der Waals surface area (Å²) in [6.07, 6.45) is 1.65. The van der Waals surface area contributed by atoms with Gasteiger partial charge in [0.2, 0.25) is 5.89 Å². The Morgan fingerprint density at radius 3 is 2.69 bits per heavy atom. The van der Waals surface area contributed by atoms with Crippen LogP contribution >= 0.6 is 0 Å². The molecule has 0 fully saturated rings. The van der Waals surface area contributed by atoms with Crippen molar-refractivity contribution in [3.8, 4) is 11.5 Å². The molecular formula is C12H9N3O. The third-order valence-electron chi connectivity index (χ3n) is 2.33. The highest BCUT2D eigenvalue weighted by Gasteiger charge is 2.07. The first-order valence-corrected chi connectivity index (χ1v) is 4.90. The fraction of sp³-hybridized carbons (Fsp3) is 0. The molecule has 2 heterocycles. The Morgan fingerprint density at radius 2 is 1.94 bits per heavy atom. The topological polar surface area (TPSA) is 64.9 Å². The second-order valence-corrected chi connectivity index (χ2v) is 3.46. The van der Waals surface area contributed by atoms with Gasteiger partial charge in [-0.2, -0.15) is 0 Å². The van der Waals surface area contributed by atoms with Gasteiger partial charge in [0.15, 0.2) is 5.58 Å². The molecular weight excluding hydrogens is 202 g/mol. The Morgan fingerprint density at radius 1 is 1.06 bits per heavy atom. The van der Waals surface area contributed by atoms with Gasteiger partial charge in [0.05, 0.1) is 5.56 Å². The SMILES string of the molecule is Nc1ccc(-c2nc3ccccc3o2)cn1. The Kier molecular flexibility index (Phi) is 1.86. The number of nitrogens with two attached hydrogens (primary N) is 1. The number of nitrogen functional groups attached to an aromatic ring is 1. The van der Waals surface area contributed by atoms with Crippen LogP contribution in [0.25, 0.3) is 22.6 Å². The first-order valence-electron chi connectivity index (χ1n) is 4.90. The number of hydrogen-bond donors (Lipinski definition) is 1. The fourth-order valence-corrected chi connectivity index (χ4v) is 1.53. The largest absolute Gasteiger partial charge is 0.436 e. The molecule has 0 saturated heterocycles. The molecule has 0 bridgehead atoms. The Hall–Kier alpha value is -2.36. The van der Waals surface area contributed by atoms with Crippen LogP contribution in [0.3, 0.4) is 0 Å². The van der Waals surface area contributed by atoms with Gasteiger partial charge in [-0.25, -0.2) is 9.97 Å². The molecule has 0 atom stereocenters. The van der Waals surface area contributed by atoms with Gasteiger partial charge in [0.25, 0.3) is 0 Å². The number of benzene rings is 1. The van der Waals surface area contributed by atoms with Gasteiger partial charge in [-0.1, -0.05) is 12.1 Å². The van der Waals surface area contributed by atoms with Crippen molar-refractivity contribution in [3.63, 3.8) is 0 Å². The highest BCUT2D eigenvalue weighted by molar-refractivity contribution is 5.75. The van der Waals surface area contributed by atoms with Crippen molar-refractivity contribution in [3.05, 3.63) is 42.6 Å². The number of rotatable bonds is 1. The van der Waals surface area contributed by atoms with Gasteiger partial charge >= 0.3 is 0 Å². The van der Waals surface area contributed by atoms with Crippen molar-refractivity contribution >= 4 is 16.9 Å². The van der Waals surface area contributed by atoms with Crippen molar-refractivity contribution in [1.29, 1.82) is 0 Å².